The lowest BCUT2D eigenvalue weighted by Crippen LogP contribution is -2.14. The van der Waals surface area contributed by atoms with Gasteiger partial charge in [-0.25, -0.2) is 0 Å². The lowest BCUT2D eigenvalue weighted by molar-refractivity contribution is -0.117. The first kappa shape index (κ1) is 10.8. The molecule has 0 bridgehead atoms. The van der Waals surface area contributed by atoms with E-state index in [0.717, 1.165) is 6.42 Å². The van der Waals surface area contributed by atoms with Gasteiger partial charge in [-0.05, 0) is 30.5 Å². The average molecular weight is 244 g/mol. The predicted molar refractivity (Wildman–Crippen MR) is 62.4 cm³/mol. The normalized spacial score (nSPS) is 23.7. The molecule has 1 aliphatic carbocycles. The maximum absolute atomic E-state index is 11.6. The van der Waals surface area contributed by atoms with E-state index in [1.54, 1.807) is 18.2 Å². The topological polar surface area (TPSA) is 29.1 Å². The SMILES string of the molecule is C[C@H]1C[C@H]1C(=O)Nc1ccc(Cl)c(Cl)c1. The summed E-state index contributed by atoms with van der Waals surface area (Å²) in [5, 5.41) is 3.77. The van der Waals surface area contributed by atoms with Crippen LogP contribution < -0.4 is 5.32 Å². The molecular formula is C11H11Cl2NO. The molecule has 1 aromatic rings. The fraction of sp³-hybridized carbons (Fsp3) is 0.364. The zero-order valence-electron chi connectivity index (χ0n) is 8.26. The van der Waals surface area contributed by atoms with Crippen molar-refractivity contribution in [1.82, 2.24) is 0 Å². The van der Waals surface area contributed by atoms with E-state index in [1.165, 1.54) is 0 Å². The van der Waals surface area contributed by atoms with Gasteiger partial charge in [0.15, 0.2) is 0 Å². The van der Waals surface area contributed by atoms with E-state index >= 15 is 0 Å². The van der Waals surface area contributed by atoms with E-state index in [0.29, 0.717) is 21.7 Å². The summed E-state index contributed by atoms with van der Waals surface area (Å²) in [4.78, 5) is 11.6. The summed E-state index contributed by atoms with van der Waals surface area (Å²) in [5.74, 6) is 0.744. The fourth-order valence-corrected chi connectivity index (χ4v) is 1.79. The van der Waals surface area contributed by atoms with Gasteiger partial charge in [0.1, 0.15) is 0 Å². The highest BCUT2D eigenvalue weighted by molar-refractivity contribution is 6.42. The van der Waals surface area contributed by atoms with Gasteiger partial charge >= 0.3 is 0 Å². The number of carbonyl (C=O) groups is 1. The number of amides is 1. The Morgan fingerprint density at radius 2 is 2.07 bits per heavy atom. The molecule has 4 heteroatoms. The zero-order valence-corrected chi connectivity index (χ0v) is 9.77. The van der Waals surface area contributed by atoms with E-state index in [9.17, 15) is 4.79 Å². The third kappa shape index (κ3) is 2.44. The van der Waals surface area contributed by atoms with Crippen molar-refractivity contribution < 1.29 is 4.79 Å². The van der Waals surface area contributed by atoms with Crippen LogP contribution in [0.2, 0.25) is 10.0 Å². The van der Waals surface area contributed by atoms with E-state index in [1.807, 2.05) is 0 Å². The smallest absolute Gasteiger partial charge is 0.227 e. The molecule has 1 fully saturated rings. The molecule has 1 amide bonds. The second-order valence-electron chi connectivity index (χ2n) is 3.94. The second kappa shape index (κ2) is 4.03. The van der Waals surface area contributed by atoms with Gasteiger partial charge in [0.05, 0.1) is 10.0 Å². The number of hydrogen-bond acceptors (Lipinski definition) is 1. The molecule has 1 aliphatic rings. The number of hydrogen-bond donors (Lipinski definition) is 1. The van der Waals surface area contributed by atoms with Crippen LogP contribution in [-0.4, -0.2) is 5.91 Å². The molecule has 0 aliphatic heterocycles. The van der Waals surface area contributed by atoms with Crippen molar-refractivity contribution in [2.24, 2.45) is 11.8 Å². The zero-order chi connectivity index (χ0) is 11.0. The maximum atomic E-state index is 11.6. The van der Waals surface area contributed by atoms with Crippen molar-refractivity contribution in [3.05, 3.63) is 28.2 Å². The van der Waals surface area contributed by atoms with Crippen LogP contribution in [0.3, 0.4) is 0 Å². The van der Waals surface area contributed by atoms with Crippen molar-refractivity contribution in [3.8, 4) is 0 Å². The van der Waals surface area contributed by atoms with Gasteiger partial charge in [-0.3, -0.25) is 4.79 Å². The first-order chi connectivity index (χ1) is 7.08. The quantitative estimate of drug-likeness (QED) is 0.846. The third-order valence-corrected chi connectivity index (χ3v) is 3.37. The van der Waals surface area contributed by atoms with Gasteiger partial charge in [-0.2, -0.15) is 0 Å². The summed E-state index contributed by atoms with van der Waals surface area (Å²) >= 11 is 11.6. The lowest BCUT2D eigenvalue weighted by Gasteiger charge is -2.05. The monoisotopic (exact) mass is 243 g/mol. The van der Waals surface area contributed by atoms with Crippen LogP contribution in [0.4, 0.5) is 5.69 Å². The highest BCUT2D eigenvalue weighted by Crippen LogP contribution is 2.38. The van der Waals surface area contributed by atoms with E-state index in [-0.39, 0.29) is 11.8 Å². The van der Waals surface area contributed by atoms with Crippen LogP contribution in [0.1, 0.15) is 13.3 Å². The molecule has 2 atom stereocenters. The molecule has 15 heavy (non-hydrogen) atoms. The van der Waals surface area contributed by atoms with Crippen LogP contribution >= 0.6 is 23.2 Å². The summed E-state index contributed by atoms with van der Waals surface area (Å²) in [6.45, 7) is 2.07. The van der Waals surface area contributed by atoms with E-state index < -0.39 is 0 Å². The first-order valence-corrected chi connectivity index (χ1v) is 5.59. The van der Waals surface area contributed by atoms with Crippen molar-refractivity contribution in [2.45, 2.75) is 13.3 Å². The van der Waals surface area contributed by atoms with Crippen LogP contribution in [0.15, 0.2) is 18.2 Å². The van der Waals surface area contributed by atoms with Crippen molar-refractivity contribution in [3.63, 3.8) is 0 Å². The minimum atomic E-state index is 0.0703. The summed E-state index contributed by atoms with van der Waals surface area (Å²) in [7, 11) is 0. The Balaban J connectivity index is 2.04. The molecule has 1 N–H and O–H groups in total. The molecule has 0 aromatic heterocycles. The highest BCUT2D eigenvalue weighted by Gasteiger charge is 2.39. The standard InChI is InChI=1S/C11H11Cl2NO/c1-6-4-8(6)11(15)14-7-2-3-9(12)10(13)5-7/h2-3,5-6,8H,4H2,1H3,(H,14,15)/t6-,8+/m0/s1. The maximum Gasteiger partial charge on any atom is 0.227 e. The Morgan fingerprint density at radius 1 is 1.40 bits per heavy atom. The van der Waals surface area contributed by atoms with Crippen molar-refractivity contribution in [1.29, 1.82) is 0 Å². The second-order valence-corrected chi connectivity index (χ2v) is 4.75. The Labute approximate surface area is 98.6 Å². The van der Waals surface area contributed by atoms with Crippen LogP contribution in [0, 0.1) is 11.8 Å². The van der Waals surface area contributed by atoms with Crippen molar-refractivity contribution >= 4 is 34.8 Å². The average Bonchev–Trinajstić information content (AvgIpc) is 2.89. The number of nitrogens with one attached hydrogen (secondary N) is 1. The van der Waals surface area contributed by atoms with E-state index in [2.05, 4.69) is 12.2 Å². The highest BCUT2D eigenvalue weighted by atomic mass is 35.5. The summed E-state index contributed by atoms with van der Waals surface area (Å²) < 4.78 is 0. The third-order valence-electron chi connectivity index (χ3n) is 2.63. The molecule has 1 aromatic carbocycles. The number of halogens is 2. The van der Waals surface area contributed by atoms with Gasteiger partial charge in [-0.1, -0.05) is 30.1 Å². The molecular weight excluding hydrogens is 233 g/mol. The van der Waals surface area contributed by atoms with E-state index in [4.69, 9.17) is 23.2 Å². The van der Waals surface area contributed by atoms with Gasteiger partial charge in [0.2, 0.25) is 5.91 Å². The van der Waals surface area contributed by atoms with Gasteiger partial charge in [-0.15, -0.1) is 0 Å². The molecule has 2 rings (SSSR count). The number of rotatable bonds is 2. The molecule has 0 heterocycles. The molecule has 0 unspecified atom stereocenters. The van der Waals surface area contributed by atoms with Gasteiger partial charge in [0.25, 0.3) is 0 Å². The predicted octanol–water partition coefficient (Wildman–Crippen LogP) is 3.59. The molecule has 0 spiro atoms. The minimum absolute atomic E-state index is 0.0703. The molecule has 0 radical (unpaired) electrons. The van der Waals surface area contributed by atoms with Crippen LogP contribution in [0.25, 0.3) is 0 Å². The number of benzene rings is 1. The molecule has 2 nitrogen and oxygen atoms in total. The fourth-order valence-electron chi connectivity index (χ4n) is 1.50. The largest absolute Gasteiger partial charge is 0.326 e. The van der Waals surface area contributed by atoms with Crippen LogP contribution in [-0.2, 0) is 4.79 Å². The minimum Gasteiger partial charge on any atom is -0.326 e. The summed E-state index contributed by atoms with van der Waals surface area (Å²) in [6, 6.07) is 5.09. The van der Waals surface area contributed by atoms with Crippen molar-refractivity contribution in [2.75, 3.05) is 5.32 Å². The Kier molecular flexibility index (Phi) is 2.89. The van der Waals surface area contributed by atoms with Gasteiger partial charge < -0.3 is 5.32 Å². The molecule has 80 valence electrons. The van der Waals surface area contributed by atoms with Crippen LogP contribution in [0.5, 0.6) is 0 Å². The lowest BCUT2D eigenvalue weighted by atomic mass is 10.3. The molecule has 0 saturated heterocycles. The number of anilines is 1. The van der Waals surface area contributed by atoms with Gasteiger partial charge in [0, 0.05) is 11.6 Å². The summed E-state index contributed by atoms with van der Waals surface area (Å²) in [6.07, 6.45) is 0.979. The Bertz CT molecular complexity index is 406. The first-order valence-electron chi connectivity index (χ1n) is 4.84. The summed E-state index contributed by atoms with van der Waals surface area (Å²) in [5.41, 5.74) is 0.702. The molecule has 1 saturated carbocycles. The number of carbonyl (C=O) groups excluding carboxylic acids is 1. The Hall–Kier alpha value is -0.730. The Morgan fingerprint density at radius 3 is 2.60 bits per heavy atom.